The lowest BCUT2D eigenvalue weighted by atomic mass is 10.4. The number of aryl methyl sites for hydroxylation is 2. The zero-order valence-corrected chi connectivity index (χ0v) is 12.6. The molecule has 17 heavy (non-hydrogen) atoms. The fourth-order valence-corrected chi connectivity index (χ4v) is 2.28. The van der Waals surface area contributed by atoms with Gasteiger partial charge in [-0.3, -0.25) is 4.68 Å². The van der Waals surface area contributed by atoms with Crippen molar-refractivity contribution in [3.05, 3.63) is 38.8 Å². The minimum Gasteiger partial charge on any atom is -0.484 e. The van der Waals surface area contributed by atoms with Gasteiger partial charge in [-0.1, -0.05) is 0 Å². The average molecular weight is 361 g/mol. The van der Waals surface area contributed by atoms with Gasteiger partial charge in [0.05, 0.1) is 15.9 Å². The van der Waals surface area contributed by atoms with Crippen LogP contribution in [0.2, 0.25) is 0 Å². The smallest absolute Gasteiger partial charge is 0.152 e. The molecule has 0 fully saturated rings. The zero-order chi connectivity index (χ0) is 12.4. The molecule has 6 heteroatoms. The van der Waals surface area contributed by atoms with Crippen LogP contribution in [0.1, 0.15) is 11.4 Å². The maximum atomic E-state index is 5.70. The Morgan fingerprint density at radius 2 is 2.18 bits per heavy atom. The molecular weight excluding hydrogens is 350 g/mol. The van der Waals surface area contributed by atoms with E-state index in [1.807, 2.05) is 30.8 Å². The zero-order valence-electron chi connectivity index (χ0n) is 9.44. The van der Waals surface area contributed by atoms with Crippen molar-refractivity contribution < 1.29 is 4.74 Å². The molecule has 0 saturated carbocycles. The Bertz CT molecular complexity index is 540. The van der Waals surface area contributed by atoms with Crippen molar-refractivity contribution in [3.63, 3.8) is 0 Å². The molecule has 0 radical (unpaired) electrons. The molecule has 0 amide bonds. The Morgan fingerprint density at radius 3 is 2.76 bits per heavy atom. The van der Waals surface area contributed by atoms with E-state index in [2.05, 4.69) is 41.9 Å². The lowest BCUT2D eigenvalue weighted by Gasteiger charge is -2.07. The Morgan fingerprint density at radius 1 is 1.41 bits per heavy atom. The van der Waals surface area contributed by atoms with Crippen molar-refractivity contribution in [1.82, 2.24) is 14.8 Å². The van der Waals surface area contributed by atoms with Crippen molar-refractivity contribution in [2.24, 2.45) is 7.05 Å². The molecule has 0 bridgehead atoms. The summed E-state index contributed by atoms with van der Waals surface area (Å²) in [7, 11) is 1.90. The van der Waals surface area contributed by atoms with Crippen LogP contribution in [0, 0.1) is 6.92 Å². The van der Waals surface area contributed by atoms with Crippen LogP contribution in [-0.2, 0) is 13.7 Å². The number of pyridine rings is 1. The van der Waals surface area contributed by atoms with Crippen molar-refractivity contribution in [1.29, 1.82) is 0 Å². The van der Waals surface area contributed by atoms with Gasteiger partial charge in [0.15, 0.2) is 5.75 Å². The number of nitrogens with zero attached hydrogens (tertiary/aromatic N) is 3. The third-order valence-corrected chi connectivity index (χ3v) is 3.98. The largest absolute Gasteiger partial charge is 0.484 e. The second-order valence-electron chi connectivity index (χ2n) is 3.55. The molecule has 0 spiro atoms. The number of hydrogen-bond acceptors (Lipinski definition) is 3. The van der Waals surface area contributed by atoms with Gasteiger partial charge in [0.25, 0.3) is 0 Å². The molecule has 4 nitrogen and oxygen atoms in total. The number of hydrogen-bond donors (Lipinski definition) is 0. The molecule has 0 saturated heterocycles. The fourth-order valence-electron chi connectivity index (χ4n) is 1.46. The van der Waals surface area contributed by atoms with Crippen LogP contribution in [0.15, 0.2) is 27.4 Å². The van der Waals surface area contributed by atoms with E-state index in [1.54, 1.807) is 6.20 Å². The molecule has 0 aliphatic heterocycles. The maximum Gasteiger partial charge on any atom is 0.152 e. The predicted octanol–water partition coefficient (Wildman–Crippen LogP) is 3.23. The first kappa shape index (κ1) is 12.6. The molecule has 90 valence electrons. The highest BCUT2D eigenvalue weighted by atomic mass is 79.9. The molecule has 0 aliphatic rings. The van der Waals surface area contributed by atoms with Crippen molar-refractivity contribution in [2.75, 3.05) is 0 Å². The summed E-state index contributed by atoms with van der Waals surface area (Å²) in [5.74, 6) is 0.721. The van der Waals surface area contributed by atoms with Crippen LogP contribution >= 0.6 is 31.9 Å². The highest BCUT2D eigenvalue weighted by Crippen LogP contribution is 2.25. The summed E-state index contributed by atoms with van der Waals surface area (Å²) in [6.45, 7) is 2.40. The van der Waals surface area contributed by atoms with Crippen LogP contribution in [-0.4, -0.2) is 14.8 Å². The molecule has 0 unspecified atom stereocenters. The Balaban J connectivity index is 2.15. The molecule has 2 rings (SSSR count). The summed E-state index contributed by atoms with van der Waals surface area (Å²) in [5.41, 5.74) is 1.95. The number of halogens is 2. The van der Waals surface area contributed by atoms with Crippen molar-refractivity contribution >= 4 is 31.9 Å². The van der Waals surface area contributed by atoms with Gasteiger partial charge in [-0.15, -0.1) is 0 Å². The Labute approximate surface area is 116 Å². The SMILES string of the molecule is Cc1nn(C)c(COc2cccnc2Br)c1Br. The fraction of sp³-hybridized carbons (Fsp3) is 0.273. The lowest BCUT2D eigenvalue weighted by molar-refractivity contribution is 0.291. The average Bonchev–Trinajstić information content (AvgIpc) is 2.53. The second-order valence-corrected chi connectivity index (χ2v) is 5.09. The number of aromatic nitrogens is 3. The van der Waals surface area contributed by atoms with E-state index >= 15 is 0 Å². The quantitative estimate of drug-likeness (QED) is 0.789. The van der Waals surface area contributed by atoms with E-state index in [9.17, 15) is 0 Å². The van der Waals surface area contributed by atoms with E-state index in [1.165, 1.54) is 0 Å². The second kappa shape index (κ2) is 5.18. The topological polar surface area (TPSA) is 39.9 Å². The van der Waals surface area contributed by atoms with Gasteiger partial charge < -0.3 is 4.74 Å². The monoisotopic (exact) mass is 359 g/mol. The molecular formula is C11H11Br2N3O. The normalized spacial score (nSPS) is 10.6. The Hall–Kier alpha value is -0.880. The van der Waals surface area contributed by atoms with Crippen LogP contribution in [0.5, 0.6) is 5.75 Å². The highest BCUT2D eigenvalue weighted by Gasteiger charge is 2.11. The maximum absolute atomic E-state index is 5.70. The minimum absolute atomic E-state index is 0.447. The van der Waals surface area contributed by atoms with Gasteiger partial charge >= 0.3 is 0 Å². The van der Waals surface area contributed by atoms with Crippen LogP contribution in [0.3, 0.4) is 0 Å². The van der Waals surface area contributed by atoms with Crippen molar-refractivity contribution in [3.8, 4) is 5.75 Å². The summed E-state index contributed by atoms with van der Waals surface area (Å²) in [5, 5.41) is 4.31. The first-order valence-corrected chi connectivity index (χ1v) is 6.59. The van der Waals surface area contributed by atoms with Crippen LogP contribution in [0.25, 0.3) is 0 Å². The first-order chi connectivity index (χ1) is 8.09. The minimum atomic E-state index is 0.447. The molecule has 0 N–H and O–H groups in total. The van der Waals surface area contributed by atoms with Gasteiger partial charge in [0.1, 0.15) is 11.2 Å². The summed E-state index contributed by atoms with van der Waals surface area (Å²) in [6, 6.07) is 3.71. The molecule has 0 aliphatic carbocycles. The number of rotatable bonds is 3. The summed E-state index contributed by atoms with van der Waals surface area (Å²) >= 11 is 6.84. The molecule has 2 heterocycles. The van der Waals surface area contributed by atoms with Crippen LogP contribution in [0.4, 0.5) is 0 Å². The first-order valence-electron chi connectivity index (χ1n) is 5.01. The molecule has 0 atom stereocenters. The van der Waals surface area contributed by atoms with Gasteiger partial charge in [-0.2, -0.15) is 5.10 Å². The van der Waals surface area contributed by atoms with Gasteiger partial charge in [-0.05, 0) is 50.9 Å². The van der Waals surface area contributed by atoms with E-state index in [4.69, 9.17) is 4.74 Å². The van der Waals surface area contributed by atoms with E-state index in [0.717, 1.165) is 21.6 Å². The molecule has 2 aromatic rings. The third kappa shape index (κ3) is 2.69. The van der Waals surface area contributed by atoms with Gasteiger partial charge in [0, 0.05) is 13.2 Å². The van der Waals surface area contributed by atoms with Gasteiger partial charge in [-0.25, -0.2) is 4.98 Å². The summed E-state index contributed by atoms with van der Waals surface area (Å²) in [6.07, 6.45) is 1.71. The van der Waals surface area contributed by atoms with Gasteiger partial charge in [0.2, 0.25) is 0 Å². The summed E-state index contributed by atoms with van der Waals surface area (Å²) in [4.78, 5) is 4.10. The van der Waals surface area contributed by atoms with E-state index < -0.39 is 0 Å². The Kier molecular flexibility index (Phi) is 3.83. The highest BCUT2D eigenvalue weighted by molar-refractivity contribution is 9.10. The van der Waals surface area contributed by atoms with E-state index in [0.29, 0.717) is 11.2 Å². The summed E-state index contributed by atoms with van der Waals surface area (Å²) < 4.78 is 9.20. The van der Waals surface area contributed by atoms with E-state index in [-0.39, 0.29) is 0 Å². The molecule has 2 aromatic heterocycles. The molecule has 0 aromatic carbocycles. The van der Waals surface area contributed by atoms with Crippen molar-refractivity contribution in [2.45, 2.75) is 13.5 Å². The lowest BCUT2D eigenvalue weighted by Crippen LogP contribution is -2.04. The van der Waals surface area contributed by atoms with Crippen LogP contribution < -0.4 is 4.74 Å². The standard InChI is InChI=1S/C11H11Br2N3O/c1-7-10(12)8(16(2)15-7)6-17-9-4-3-5-14-11(9)13/h3-5H,6H2,1-2H3. The number of ether oxygens (including phenoxy) is 1. The third-order valence-electron chi connectivity index (χ3n) is 2.35. The predicted molar refractivity (Wildman–Crippen MR) is 71.9 cm³/mol.